The Labute approximate surface area is 146 Å². The van der Waals surface area contributed by atoms with Gasteiger partial charge in [0.05, 0.1) is 0 Å². The molecule has 6 nitrogen and oxygen atoms in total. The average Bonchev–Trinajstić information content (AvgIpc) is 2.55. The van der Waals surface area contributed by atoms with Gasteiger partial charge in [-0.1, -0.05) is 29.3 Å². The van der Waals surface area contributed by atoms with E-state index in [1.807, 2.05) is 0 Å². The van der Waals surface area contributed by atoms with Gasteiger partial charge in [-0.15, -0.1) is 0 Å². The summed E-state index contributed by atoms with van der Waals surface area (Å²) in [5, 5.41) is 13.2. The molecule has 0 aliphatic heterocycles. The highest BCUT2D eigenvalue weighted by Gasteiger charge is 2.14. The second-order valence-electron chi connectivity index (χ2n) is 4.98. The number of hydrogen-bond acceptors (Lipinski definition) is 4. The van der Waals surface area contributed by atoms with Crippen molar-refractivity contribution in [1.29, 1.82) is 0 Å². The van der Waals surface area contributed by atoms with E-state index >= 15 is 0 Å². The number of benzene rings is 1. The maximum Gasteiger partial charge on any atom is 0.270 e. The molecule has 3 aromatic rings. The van der Waals surface area contributed by atoms with E-state index in [4.69, 9.17) is 23.2 Å². The van der Waals surface area contributed by atoms with Crippen LogP contribution in [0.25, 0.3) is 5.65 Å². The van der Waals surface area contributed by atoms with Crippen LogP contribution in [0.5, 0.6) is 5.75 Å². The number of carbonyl (C=O) groups is 1. The first-order valence-electron chi connectivity index (χ1n) is 6.89. The summed E-state index contributed by atoms with van der Waals surface area (Å²) in [6.07, 6.45) is 2.56. The Hall–Kier alpha value is -2.57. The third-order valence-corrected chi connectivity index (χ3v) is 4.00. The highest BCUT2D eigenvalue weighted by Crippen LogP contribution is 2.20. The van der Waals surface area contributed by atoms with Crippen LogP contribution in [0.4, 0.5) is 0 Å². The van der Waals surface area contributed by atoms with Crippen molar-refractivity contribution in [1.82, 2.24) is 14.7 Å². The molecule has 0 saturated heterocycles. The molecule has 24 heavy (non-hydrogen) atoms. The molecule has 0 aliphatic rings. The van der Waals surface area contributed by atoms with Crippen molar-refractivity contribution in [3.8, 4) is 5.75 Å². The Morgan fingerprint density at radius 2 is 2.08 bits per heavy atom. The van der Waals surface area contributed by atoms with E-state index in [0.717, 1.165) is 10.6 Å². The fourth-order valence-corrected chi connectivity index (χ4v) is 2.66. The van der Waals surface area contributed by atoms with Crippen molar-refractivity contribution >= 4 is 34.8 Å². The molecule has 0 unspecified atom stereocenters. The van der Waals surface area contributed by atoms with Crippen molar-refractivity contribution in [2.75, 3.05) is 0 Å². The van der Waals surface area contributed by atoms with Crippen LogP contribution in [-0.2, 0) is 6.54 Å². The van der Waals surface area contributed by atoms with E-state index in [-0.39, 0.29) is 23.5 Å². The highest BCUT2D eigenvalue weighted by atomic mass is 35.5. The van der Waals surface area contributed by atoms with Crippen LogP contribution in [0, 0.1) is 0 Å². The third kappa shape index (κ3) is 3.06. The number of nitrogens with one attached hydrogen (secondary N) is 1. The SMILES string of the molecule is O=C(NCc1ccc(Cl)cc1Cl)c1cnc2c(O)cccn2c1=O. The van der Waals surface area contributed by atoms with Gasteiger partial charge < -0.3 is 10.4 Å². The number of nitrogens with zero attached hydrogens (tertiary/aromatic N) is 2. The lowest BCUT2D eigenvalue weighted by Crippen LogP contribution is -2.31. The standard InChI is InChI=1S/C16H11Cl2N3O3/c17-10-4-3-9(12(18)6-10)7-20-15(23)11-8-19-14-13(22)2-1-5-21(14)16(11)24/h1-6,8,22H,7H2,(H,20,23). The summed E-state index contributed by atoms with van der Waals surface area (Å²) >= 11 is 11.9. The van der Waals surface area contributed by atoms with Crippen LogP contribution in [-0.4, -0.2) is 20.4 Å². The molecule has 2 aromatic heterocycles. The summed E-state index contributed by atoms with van der Waals surface area (Å²) in [4.78, 5) is 28.6. The van der Waals surface area contributed by atoms with Gasteiger partial charge in [0.2, 0.25) is 0 Å². The van der Waals surface area contributed by atoms with Gasteiger partial charge in [0.1, 0.15) is 5.56 Å². The minimum Gasteiger partial charge on any atom is -0.504 e. The van der Waals surface area contributed by atoms with Crippen LogP contribution < -0.4 is 10.9 Å². The Morgan fingerprint density at radius 3 is 2.83 bits per heavy atom. The zero-order valence-electron chi connectivity index (χ0n) is 12.2. The maximum absolute atomic E-state index is 12.4. The fourth-order valence-electron chi connectivity index (χ4n) is 2.18. The molecule has 1 amide bonds. The van der Waals surface area contributed by atoms with Gasteiger partial charge in [-0.3, -0.25) is 14.0 Å². The molecule has 0 radical (unpaired) electrons. The summed E-state index contributed by atoms with van der Waals surface area (Å²) < 4.78 is 1.11. The monoisotopic (exact) mass is 363 g/mol. The van der Waals surface area contributed by atoms with Crippen molar-refractivity contribution in [3.05, 3.63) is 74.3 Å². The van der Waals surface area contributed by atoms with Crippen LogP contribution in [0.1, 0.15) is 15.9 Å². The first kappa shape index (κ1) is 16.3. The van der Waals surface area contributed by atoms with E-state index < -0.39 is 11.5 Å². The number of carbonyl (C=O) groups excluding carboxylic acids is 1. The van der Waals surface area contributed by atoms with Crippen LogP contribution in [0.15, 0.2) is 47.5 Å². The second kappa shape index (κ2) is 6.51. The number of halogens is 2. The Morgan fingerprint density at radius 1 is 1.29 bits per heavy atom. The minimum absolute atomic E-state index is 0.0831. The molecule has 0 spiro atoms. The molecular formula is C16H11Cl2N3O3. The van der Waals surface area contributed by atoms with E-state index in [1.54, 1.807) is 18.2 Å². The lowest BCUT2D eigenvalue weighted by atomic mass is 10.2. The Balaban J connectivity index is 1.86. The minimum atomic E-state index is -0.587. The molecule has 3 rings (SSSR count). The Bertz CT molecular complexity index is 1000. The zero-order chi connectivity index (χ0) is 17.3. The predicted molar refractivity (Wildman–Crippen MR) is 90.8 cm³/mol. The van der Waals surface area contributed by atoms with E-state index in [1.165, 1.54) is 18.3 Å². The number of aromatic nitrogens is 2. The lowest BCUT2D eigenvalue weighted by Gasteiger charge is -2.08. The van der Waals surface area contributed by atoms with Gasteiger partial charge in [-0.05, 0) is 29.8 Å². The molecule has 2 N–H and O–H groups in total. The third-order valence-electron chi connectivity index (χ3n) is 3.41. The molecule has 8 heteroatoms. The smallest absolute Gasteiger partial charge is 0.270 e. The molecule has 0 saturated carbocycles. The lowest BCUT2D eigenvalue weighted by molar-refractivity contribution is 0.0949. The predicted octanol–water partition coefficient (Wildman–Crippen LogP) is 2.64. The zero-order valence-corrected chi connectivity index (χ0v) is 13.7. The summed E-state index contributed by atoms with van der Waals surface area (Å²) in [5.41, 5.74) is 0.0412. The van der Waals surface area contributed by atoms with Gasteiger partial charge in [0.25, 0.3) is 11.5 Å². The van der Waals surface area contributed by atoms with Gasteiger partial charge in [-0.2, -0.15) is 0 Å². The van der Waals surface area contributed by atoms with Crippen molar-refractivity contribution in [2.24, 2.45) is 0 Å². The molecule has 0 bridgehead atoms. The van der Waals surface area contributed by atoms with Crippen LogP contribution >= 0.6 is 23.2 Å². The van der Waals surface area contributed by atoms with Crippen molar-refractivity contribution < 1.29 is 9.90 Å². The number of hydrogen-bond donors (Lipinski definition) is 2. The van der Waals surface area contributed by atoms with Crippen molar-refractivity contribution in [3.63, 3.8) is 0 Å². The molecule has 0 aliphatic carbocycles. The number of rotatable bonds is 3. The maximum atomic E-state index is 12.4. The van der Waals surface area contributed by atoms with Crippen molar-refractivity contribution in [2.45, 2.75) is 6.54 Å². The molecule has 122 valence electrons. The number of fused-ring (bicyclic) bond motifs is 1. The topological polar surface area (TPSA) is 83.7 Å². The van der Waals surface area contributed by atoms with Crippen LogP contribution in [0.3, 0.4) is 0 Å². The molecule has 0 fully saturated rings. The number of pyridine rings is 1. The fraction of sp³-hybridized carbons (Fsp3) is 0.0625. The molecule has 1 aromatic carbocycles. The number of aromatic hydroxyl groups is 1. The van der Waals surface area contributed by atoms with E-state index in [2.05, 4.69) is 10.3 Å². The average molecular weight is 364 g/mol. The number of amides is 1. The Kier molecular flexibility index (Phi) is 4.42. The van der Waals surface area contributed by atoms with Gasteiger partial charge in [0.15, 0.2) is 11.4 Å². The highest BCUT2D eigenvalue weighted by molar-refractivity contribution is 6.35. The summed E-state index contributed by atoms with van der Waals surface area (Å²) in [7, 11) is 0. The molecule has 2 heterocycles. The molecular weight excluding hydrogens is 353 g/mol. The van der Waals surface area contributed by atoms with Crippen LogP contribution in [0.2, 0.25) is 10.0 Å². The van der Waals surface area contributed by atoms with E-state index in [0.29, 0.717) is 15.6 Å². The van der Waals surface area contributed by atoms with Gasteiger partial charge in [0, 0.05) is 29.0 Å². The van der Waals surface area contributed by atoms with E-state index in [9.17, 15) is 14.7 Å². The summed E-state index contributed by atoms with van der Waals surface area (Å²) in [6, 6.07) is 7.81. The van der Waals surface area contributed by atoms with Gasteiger partial charge in [-0.25, -0.2) is 4.98 Å². The van der Waals surface area contributed by atoms with Gasteiger partial charge >= 0.3 is 0 Å². The second-order valence-corrected chi connectivity index (χ2v) is 5.83. The quantitative estimate of drug-likeness (QED) is 0.749. The summed E-state index contributed by atoms with van der Waals surface area (Å²) in [6.45, 7) is 0.136. The largest absolute Gasteiger partial charge is 0.504 e. The first-order valence-corrected chi connectivity index (χ1v) is 7.64. The first-order chi connectivity index (χ1) is 11.5. The summed E-state index contributed by atoms with van der Waals surface area (Å²) in [5.74, 6) is -0.731. The molecule has 0 atom stereocenters. The normalized spacial score (nSPS) is 10.8.